The number of nitrogens with zero attached hydrogens (tertiary/aromatic N) is 1. The van der Waals surface area contributed by atoms with Crippen LogP contribution in [0.15, 0.2) is 29.6 Å². The molecule has 2 aliphatic heterocycles. The van der Waals surface area contributed by atoms with Crippen LogP contribution in [0.4, 0.5) is 0 Å². The number of piperidine rings is 1. The molecule has 0 spiro atoms. The number of amides is 1. The van der Waals surface area contributed by atoms with E-state index >= 15 is 0 Å². The number of rotatable bonds is 3. The molecule has 2 unspecified atom stereocenters. The summed E-state index contributed by atoms with van der Waals surface area (Å²) in [6.07, 6.45) is 4.32. The number of hydrogen-bond acceptors (Lipinski definition) is 4. The average Bonchev–Trinajstić information content (AvgIpc) is 3.05. The van der Waals surface area contributed by atoms with E-state index in [1.165, 1.54) is 24.2 Å². The van der Waals surface area contributed by atoms with Crippen LogP contribution in [0.3, 0.4) is 0 Å². The fourth-order valence-electron chi connectivity index (χ4n) is 4.06. The first-order chi connectivity index (χ1) is 11.1. The van der Waals surface area contributed by atoms with Crippen LogP contribution in [0, 0.1) is 0 Å². The Balaban J connectivity index is 1.48. The summed E-state index contributed by atoms with van der Waals surface area (Å²) in [6, 6.07) is 8.96. The summed E-state index contributed by atoms with van der Waals surface area (Å²) in [5.41, 5.74) is 0.527. The normalized spacial score (nSPS) is 27.3. The summed E-state index contributed by atoms with van der Waals surface area (Å²) in [4.78, 5) is 27.3. The molecule has 1 N–H and O–H groups in total. The van der Waals surface area contributed by atoms with Gasteiger partial charge in [0.05, 0.1) is 0 Å². The highest BCUT2D eigenvalue weighted by atomic mass is 32.1. The van der Waals surface area contributed by atoms with Crippen LogP contribution in [0.5, 0.6) is 0 Å². The Morgan fingerprint density at radius 2 is 1.87 bits per heavy atom. The highest BCUT2D eigenvalue weighted by Crippen LogP contribution is 2.34. The van der Waals surface area contributed by atoms with E-state index in [0.717, 1.165) is 22.9 Å². The molecule has 3 heterocycles. The summed E-state index contributed by atoms with van der Waals surface area (Å²) in [7, 11) is 2.17. The minimum atomic E-state index is -0.456. The molecule has 2 atom stereocenters. The molecule has 0 aliphatic carbocycles. The van der Waals surface area contributed by atoms with Crippen molar-refractivity contribution in [2.24, 2.45) is 0 Å². The number of carbonyl (C=O) groups is 2. The van der Waals surface area contributed by atoms with Gasteiger partial charge in [0, 0.05) is 39.2 Å². The van der Waals surface area contributed by atoms with E-state index < -0.39 is 11.7 Å². The van der Waals surface area contributed by atoms with E-state index in [0.29, 0.717) is 17.6 Å². The van der Waals surface area contributed by atoms with Crippen molar-refractivity contribution in [1.29, 1.82) is 0 Å². The van der Waals surface area contributed by atoms with Crippen molar-refractivity contribution in [3.8, 4) is 0 Å². The molecule has 4 nitrogen and oxygen atoms in total. The molecule has 2 bridgehead atoms. The molecule has 1 aromatic heterocycles. The van der Waals surface area contributed by atoms with Crippen LogP contribution in [-0.4, -0.2) is 41.8 Å². The summed E-state index contributed by atoms with van der Waals surface area (Å²) < 4.78 is 1.04. The fourth-order valence-corrected chi connectivity index (χ4v) is 5.00. The number of benzene rings is 1. The Morgan fingerprint density at radius 3 is 2.61 bits per heavy atom. The Hall–Kier alpha value is -1.72. The molecular formula is C18H20N2O2S. The van der Waals surface area contributed by atoms with Gasteiger partial charge in [-0.3, -0.25) is 9.59 Å². The number of carbonyl (C=O) groups excluding carboxylic acids is 2. The van der Waals surface area contributed by atoms with Crippen molar-refractivity contribution in [2.45, 2.75) is 43.8 Å². The highest BCUT2D eigenvalue weighted by molar-refractivity contribution is 7.17. The minimum absolute atomic E-state index is 0.130. The zero-order valence-corrected chi connectivity index (χ0v) is 13.9. The van der Waals surface area contributed by atoms with Gasteiger partial charge in [0.2, 0.25) is 0 Å². The molecule has 4 rings (SSSR count). The Morgan fingerprint density at radius 1 is 1.17 bits per heavy atom. The molecule has 0 saturated carbocycles. The molecule has 2 fully saturated rings. The number of thiophene rings is 1. The molecule has 1 aromatic carbocycles. The van der Waals surface area contributed by atoms with E-state index in [9.17, 15) is 9.59 Å². The van der Waals surface area contributed by atoms with Crippen molar-refractivity contribution in [3.63, 3.8) is 0 Å². The Bertz CT molecular complexity index is 755. The Kier molecular flexibility index (Phi) is 3.70. The minimum Gasteiger partial charge on any atom is -0.346 e. The molecule has 120 valence electrons. The van der Waals surface area contributed by atoms with Gasteiger partial charge in [-0.1, -0.05) is 18.2 Å². The van der Waals surface area contributed by atoms with Crippen molar-refractivity contribution in [2.75, 3.05) is 7.05 Å². The lowest BCUT2D eigenvalue weighted by Crippen LogP contribution is -2.50. The maximum Gasteiger partial charge on any atom is 0.292 e. The van der Waals surface area contributed by atoms with Gasteiger partial charge in [0.1, 0.15) is 0 Å². The fraction of sp³-hybridized carbons (Fsp3) is 0.444. The van der Waals surface area contributed by atoms with Gasteiger partial charge in [-0.15, -0.1) is 11.3 Å². The Labute approximate surface area is 139 Å². The van der Waals surface area contributed by atoms with Gasteiger partial charge in [-0.05, 0) is 38.8 Å². The third-order valence-corrected chi connectivity index (χ3v) is 6.33. The second kappa shape index (κ2) is 5.73. The van der Waals surface area contributed by atoms with Crippen LogP contribution >= 0.6 is 11.3 Å². The predicted molar refractivity (Wildman–Crippen MR) is 91.9 cm³/mol. The van der Waals surface area contributed by atoms with Crippen molar-refractivity contribution in [1.82, 2.24) is 10.2 Å². The summed E-state index contributed by atoms with van der Waals surface area (Å²) in [6.45, 7) is 0. The lowest BCUT2D eigenvalue weighted by atomic mass is 9.97. The number of hydrogen-bond donors (Lipinski definition) is 1. The van der Waals surface area contributed by atoms with Crippen LogP contribution in [-0.2, 0) is 4.79 Å². The first kappa shape index (κ1) is 14.8. The zero-order chi connectivity index (χ0) is 16.0. The van der Waals surface area contributed by atoms with Crippen LogP contribution in [0.1, 0.15) is 36.0 Å². The number of nitrogens with one attached hydrogen (secondary N) is 1. The molecular weight excluding hydrogens is 308 g/mol. The molecule has 5 heteroatoms. The molecule has 1 amide bonds. The van der Waals surface area contributed by atoms with E-state index in [2.05, 4.69) is 17.3 Å². The first-order valence-corrected chi connectivity index (χ1v) is 9.05. The predicted octanol–water partition coefficient (Wildman–Crippen LogP) is 2.83. The van der Waals surface area contributed by atoms with Gasteiger partial charge in [0.15, 0.2) is 0 Å². The van der Waals surface area contributed by atoms with E-state index in [-0.39, 0.29) is 6.04 Å². The molecule has 23 heavy (non-hydrogen) atoms. The second-order valence-electron chi connectivity index (χ2n) is 6.67. The van der Waals surface area contributed by atoms with Gasteiger partial charge < -0.3 is 10.2 Å². The van der Waals surface area contributed by atoms with Gasteiger partial charge in [0.25, 0.3) is 11.7 Å². The first-order valence-electron chi connectivity index (χ1n) is 8.17. The van der Waals surface area contributed by atoms with Gasteiger partial charge in [-0.25, -0.2) is 0 Å². The van der Waals surface area contributed by atoms with E-state index in [4.69, 9.17) is 0 Å². The molecule has 2 aromatic rings. The monoisotopic (exact) mass is 328 g/mol. The largest absolute Gasteiger partial charge is 0.346 e. The van der Waals surface area contributed by atoms with Gasteiger partial charge in [-0.2, -0.15) is 0 Å². The number of fused-ring (bicyclic) bond motifs is 3. The van der Waals surface area contributed by atoms with Gasteiger partial charge >= 0.3 is 0 Å². The standard InChI is InChI=1S/C18H20N2O2S/c1-20-12-6-7-13(20)9-11(8-12)19-18(22)17(21)15-10-23-16-5-3-2-4-14(15)16/h2-5,10-13H,6-9H2,1H3,(H,19,22). The smallest absolute Gasteiger partial charge is 0.292 e. The van der Waals surface area contributed by atoms with Crippen LogP contribution in [0.25, 0.3) is 10.1 Å². The lowest BCUT2D eigenvalue weighted by molar-refractivity contribution is -0.118. The van der Waals surface area contributed by atoms with E-state index in [1.54, 1.807) is 5.38 Å². The SMILES string of the molecule is CN1C2CCC1CC(NC(=O)C(=O)c1csc3ccccc13)C2. The van der Waals surface area contributed by atoms with Crippen LogP contribution < -0.4 is 5.32 Å². The van der Waals surface area contributed by atoms with Crippen molar-refractivity contribution in [3.05, 3.63) is 35.2 Å². The highest BCUT2D eigenvalue weighted by Gasteiger charge is 2.39. The van der Waals surface area contributed by atoms with E-state index in [1.807, 2.05) is 24.3 Å². The second-order valence-corrected chi connectivity index (χ2v) is 7.58. The summed E-state index contributed by atoms with van der Waals surface area (Å²) >= 11 is 1.51. The molecule has 2 aliphatic rings. The quantitative estimate of drug-likeness (QED) is 0.696. The molecule has 0 radical (unpaired) electrons. The maximum atomic E-state index is 12.5. The third kappa shape index (κ3) is 2.58. The maximum absolute atomic E-state index is 12.5. The third-order valence-electron chi connectivity index (χ3n) is 5.37. The zero-order valence-electron chi connectivity index (χ0n) is 13.1. The molecule has 2 saturated heterocycles. The topological polar surface area (TPSA) is 49.4 Å². The number of ketones is 1. The lowest BCUT2D eigenvalue weighted by Gasteiger charge is -2.36. The van der Waals surface area contributed by atoms with Crippen molar-refractivity contribution >= 4 is 33.1 Å². The summed E-state index contributed by atoms with van der Waals surface area (Å²) in [5.74, 6) is -0.865. The number of Topliss-reactive ketones (excluding diaryl/α,β-unsaturated/α-hetero) is 1. The van der Waals surface area contributed by atoms with Crippen molar-refractivity contribution < 1.29 is 9.59 Å². The summed E-state index contributed by atoms with van der Waals surface area (Å²) in [5, 5.41) is 5.66. The van der Waals surface area contributed by atoms with Crippen LogP contribution in [0.2, 0.25) is 0 Å². The average molecular weight is 328 g/mol.